The van der Waals surface area contributed by atoms with Gasteiger partial charge in [-0.2, -0.15) is 0 Å². The maximum atomic E-state index is 14.1. The summed E-state index contributed by atoms with van der Waals surface area (Å²) in [5, 5.41) is 11.9. The maximum Gasteiger partial charge on any atom is 0.320 e. The monoisotopic (exact) mass is 649 g/mol. The molecule has 6 nitrogen and oxygen atoms in total. The van der Waals surface area contributed by atoms with Gasteiger partial charge in [-0.15, -0.1) is 6.58 Å². The third-order valence-electron chi connectivity index (χ3n) is 12.5. The van der Waals surface area contributed by atoms with Crippen LogP contribution >= 0.6 is 0 Å². The van der Waals surface area contributed by atoms with Crippen molar-refractivity contribution in [2.75, 3.05) is 6.54 Å². The molecule has 0 saturated heterocycles. The van der Waals surface area contributed by atoms with E-state index in [1.54, 1.807) is 0 Å². The second kappa shape index (κ2) is 13.6. The Morgan fingerprint density at radius 3 is 2.17 bits per heavy atom. The van der Waals surface area contributed by atoms with E-state index in [4.69, 9.17) is 9.47 Å². The van der Waals surface area contributed by atoms with Gasteiger partial charge in [-0.3, -0.25) is 14.5 Å². The molecule has 3 aliphatic rings. The van der Waals surface area contributed by atoms with E-state index >= 15 is 0 Å². The average Bonchev–Trinajstić information content (AvgIpc) is 3.44. The first-order chi connectivity index (χ1) is 23.0. The number of hydrogen-bond donors (Lipinski definition) is 1. The topological polar surface area (TPSA) is 76.1 Å². The molecular formula is C42H51NO5. The van der Waals surface area contributed by atoms with Crippen LogP contribution < -0.4 is 4.74 Å². The van der Waals surface area contributed by atoms with Crippen molar-refractivity contribution >= 4 is 11.8 Å². The van der Waals surface area contributed by atoms with Crippen LogP contribution in [0.4, 0.5) is 0 Å². The van der Waals surface area contributed by atoms with Crippen molar-refractivity contribution in [3.8, 4) is 11.5 Å². The zero-order chi connectivity index (χ0) is 34.1. The summed E-state index contributed by atoms with van der Waals surface area (Å²) in [6.07, 6.45) is 4.21. The summed E-state index contributed by atoms with van der Waals surface area (Å²) in [6.45, 7) is 13.9. The maximum absolute atomic E-state index is 14.1. The van der Waals surface area contributed by atoms with Crippen molar-refractivity contribution in [1.82, 2.24) is 4.90 Å². The number of para-hydroxylation sites is 1. The molecule has 3 aliphatic carbocycles. The lowest BCUT2D eigenvalue weighted by Crippen LogP contribution is -2.63. The molecule has 6 heteroatoms. The molecule has 254 valence electrons. The predicted molar refractivity (Wildman–Crippen MR) is 188 cm³/mol. The summed E-state index contributed by atoms with van der Waals surface area (Å²) in [4.78, 5) is 30.0. The van der Waals surface area contributed by atoms with Crippen LogP contribution in [0.2, 0.25) is 0 Å². The Balaban J connectivity index is 1.26. The van der Waals surface area contributed by atoms with E-state index in [2.05, 4.69) is 44.4 Å². The molecule has 0 heterocycles. The summed E-state index contributed by atoms with van der Waals surface area (Å²) < 4.78 is 12.6. The molecule has 8 atom stereocenters. The summed E-state index contributed by atoms with van der Waals surface area (Å²) in [5.41, 5.74) is 0.642. The molecule has 0 radical (unpaired) electrons. The van der Waals surface area contributed by atoms with Gasteiger partial charge in [0.15, 0.2) is 0 Å². The third-order valence-corrected chi connectivity index (χ3v) is 12.5. The molecule has 3 fully saturated rings. The van der Waals surface area contributed by atoms with Gasteiger partial charge in [-0.1, -0.05) is 94.4 Å². The van der Waals surface area contributed by atoms with Crippen LogP contribution in [-0.4, -0.2) is 40.5 Å². The number of carbonyl (C=O) groups is 2. The first-order valence-electron chi connectivity index (χ1n) is 17.6. The molecule has 2 bridgehead atoms. The largest absolute Gasteiger partial charge is 0.461 e. The van der Waals surface area contributed by atoms with Gasteiger partial charge in [0.1, 0.15) is 23.4 Å². The summed E-state index contributed by atoms with van der Waals surface area (Å²) in [7, 11) is 0. The number of aliphatic hydroxyl groups excluding tert-OH is 1. The third kappa shape index (κ3) is 6.37. The lowest BCUT2D eigenvalue weighted by atomic mass is 9.44. The molecule has 3 saturated carbocycles. The fourth-order valence-corrected chi connectivity index (χ4v) is 9.43. The molecule has 0 spiro atoms. The zero-order valence-electron chi connectivity index (χ0n) is 28.9. The number of benzene rings is 3. The lowest BCUT2D eigenvalue weighted by molar-refractivity contribution is -0.207. The van der Waals surface area contributed by atoms with Crippen LogP contribution in [0, 0.1) is 34.0 Å². The number of ketones is 1. The number of esters is 1. The van der Waals surface area contributed by atoms with Crippen molar-refractivity contribution in [3.05, 3.63) is 109 Å². The predicted octanol–water partition coefficient (Wildman–Crippen LogP) is 8.39. The number of hydrogen-bond acceptors (Lipinski definition) is 6. The first-order valence-corrected chi connectivity index (χ1v) is 17.6. The van der Waals surface area contributed by atoms with Gasteiger partial charge >= 0.3 is 5.97 Å². The lowest BCUT2D eigenvalue weighted by Gasteiger charge is -2.61. The van der Waals surface area contributed by atoms with Gasteiger partial charge < -0.3 is 14.6 Å². The van der Waals surface area contributed by atoms with Gasteiger partial charge in [0, 0.05) is 36.3 Å². The van der Waals surface area contributed by atoms with Crippen LogP contribution in [0.1, 0.15) is 70.9 Å². The molecule has 48 heavy (non-hydrogen) atoms. The van der Waals surface area contributed by atoms with E-state index in [1.807, 2.05) is 85.8 Å². The first kappa shape index (κ1) is 34.1. The Labute approximate surface area is 286 Å². The number of aliphatic hydroxyl groups is 1. The van der Waals surface area contributed by atoms with Crippen LogP contribution in [0.5, 0.6) is 11.5 Å². The van der Waals surface area contributed by atoms with Crippen molar-refractivity contribution in [3.63, 3.8) is 0 Å². The second-order valence-corrected chi connectivity index (χ2v) is 15.3. The minimum absolute atomic E-state index is 0.0636. The van der Waals surface area contributed by atoms with Crippen molar-refractivity contribution in [2.45, 2.75) is 85.1 Å². The highest BCUT2D eigenvalue weighted by Crippen LogP contribution is 2.68. The minimum atomic E-state index is -0.689. The Bertz CT molecular complexity index is 1590. The minimum Gasteiger partial charge on any atom is -0.461 e. The molecule has 3 aromatic rings. The highest BCUT2D eigenvalue weighted by molar-refractivity contribution is 5.85. The van der Waals surface area contributed by atoms with Crippen molar-refractivity contribution < 1.29 is 24.2 Å². The normalized spacial score (nSPS) is 33.0. The van der Waals surface area contributed by atoms with Gasteiger partial charge in [0.25, 0.3) is 0 Å². The summed E-state index contributed by atoms with van der Waals surface area (Å²) in [6, 6.07) is 27.8. The SMILES string of the molecule is C=C[C@]1(C)C[C@@H](OC(=O)CN(Cc2ccccc2)Cc2ccc(Oc3ccccc3)cc2)[C@]2(C)[C@H](C)CC[C@]3(CCC(=O)[C@H]32)[C@@H](C)[C@@H]1O. The molecule has 0 unspecified atom stereocenters. The molecule has 0 amide bonds. The average molecular weight is 650 g/mol. The summed E-state index contributed by atoms with van der Waals surface area (Å²) in [5.74, 6) is 1.34. The number of Topliss-reactive ketones (excluding diaryl/α,β-unsaturated/α-hetero) is 1. The van der Waals surface area contributed by atoms with Crippen LogP contribution in [0.25, 0.3) is 0 Å². The molecule has 0 aliphatic heterocycles. The zero-order valence-corrected chi connectivity index (χ0v) is 28.9. The van der Waals surface area contributed by atoms with Gasteiger partial charge in [-0.25, -0.2) is 0 Å². The van der Waals surface area contributed by atoms with Crippen LogP contribution in [-0.2, 0) is 27.4 Å². The Morgan fingerprint density at radius 2 is 1.52 bits per heavy atom. The van der Waals surface area contributed by atoms with Crippen LogP contribution in [0.3, 0.4) is 0 Å². The van der Waals surface area contributed by atoms with Crippen molar-refractivity contribution in [1.29, 1.82) is 0 Å². The Hall–Kier alpha value is -3.74. The van der Waals surface area contributed by atoms with E-state index in [0.29, 0.717) is 25.9 Å². The number of nitrogens with zero attached hydrogens (tertiary/aromatic N) is 1. The fraction of sp³-hybridized carbons (Fsp3) is 0.476. The van der Waals surface area contributed by atoms with E-state index in [0.717, 1.165) is 41.9 Å². The standard InChI is InChI=1S/C42H51NO5/c1-6-40(4)25-36(41(5)29(2)21-23-42(30(3)39(40)46)24-22-35(44)38(41)42)48-37(45)28-43(26-31-13-9-7-10-14-31)27-32-17-19-34(20-18-32)47-33-15-11-8-12-16-33/h6-20,29-30,36,38-39,46H,1,21-28H2,2-5H3/t29-,30+,36-,38+,39+,40-,41+,42+/m1/s1. The van der Waals surface area contributed by atoms with E-state index in [1.165, 1.54) is 0 Å². The number of rotatable bonds is 10. The highest BCUT2D eigenvalue weighted by atomic mass is 16.5. The molecular weight excluding hydrogens is 598 g/mol. The fourth-order valence-electron chi connectivity index (χ4n) is 9.43. The van der Waals surface area contributed by atoms with E-state index < -0.39 is 23.0 Å². The van der Waals surface area contributed by atoms with Crippen molar-refractivity contribution in [2.24, 2.45) is 34.0 Å². The van der Waals surface area contributed by atoms with Crippen LogP contribution in [0.15, 0.2) is 97.6 Å². The Morgan fingerprint density at radius 1 is 0.917 bits per heavy atom. The summed E-state index contributed by atoms with van der Waals surface area (Å²) >= 11 is 0. The van der Waals surface area contributed by atoms with E-state index in [-0.39, 0.29) is 41.5 Å². The van der Waals surface area contributed by atoms with Gasteiger partial charge in [0.2, 0.25) is 0 Å². The quantitative estimate of drug-likeness (QED) is 0.176. The van der Waals surface area contributed by atoms with Gasteiger partial charge in [-0.05, 0) is 78.3 Å². The second-order valence-electron chi connectivity index (χ2n) is 15.3. The van der Waals surface area contributed by atoms with Gasteiger partial charge in [0.05, 0.1) is 12.6 Å². The van der Waals surface area contributed by atoms with E-state index in [9.17, 15) is 14.7 Å². The Kier molecular flexibility index (Phi) is 9.70. The molecule has 1 N–H and O–H groups in total. The highest BCUT2D eigenvalue weighted by Gasteiger charge is 2.68. The smallest absolute Gasteiger partial charge is 0.320 e. The molecule has 3 aromatic carbocycles. The number of carbonyl (C=O) groups excluding carboxylic acids is 2. The number of ether oxygens (including phenoxy) is 2. The molecule has 6 rings (SSSR count). The molecule has 0 aromatic heterocycles.